The van der Waals surface area contributed by atoms with Crippen LogP contribution in [0.2, 0.25) is 0 Å². The fourth-order valence-corrected chi connectivity index (χ4v) is 1.42. The second-order valence-corrected chi connectivity index (χ2v) is 3.49. The van der Waals surface area contributed by atoms with Crippen molar-refractivity contribution in [2.24, 2.45) is 0 Å². The Bertz CT molecular complexity index is 390. The Morgan fingerprint density at radius 3 is 3.12 bits per heavy atom. The zero-order valence-corrected chi connectivity index (χ0v) is 9.18. The molecule has 1 atom stereocenters. The summed E-state index contributed by atoms with van der Waals surface area (Å²) in [6.07, 6.45) is 1.45. The Kier molecular flexibility index (Phi) is 4.55. The molecule has 1 heterocycles. The highest BCUT2D eigenvalue weighted by atomic mass is 16.3. The molecule has 0 aliphatic rings. The summed E-state index contributed by atoms with van der Waals surface area (Å²) in [5, 5.41) is 20.4. The Morgan fingerprint density at radius 2 is 2.50 bits per heavy atom. The molecule has 0 saturated carbocycles. The van der Waals surface area contributed by atoms with Crippen LogP contribution in [0.4, 0.5) is 0 Å². The summed E-state index contributed by atoms with van der Waals surface area (Å²) in [5.74, 6) is -0.159. The lowest BCUT2D eigenvalue weighted by atomic mass is 10.3. The van der Waals surface area contributed by atoms with E-state index < -0.39 is 6.10 Å². The Labute approximate surface area is 94.3 Å². The molecular weight excluding hydrogens is 206 g/mol. The fourth-order valence-electron chi connectivity index (χ4n) is 1.42. The first kappa shape index (κ1) is 12.3. The van der Waals surface area contributed by atoms with E-state index in [0.29, 0.717) is 18.7 Å². The van der Waals surface area contributed by atoms with Crippen LogP contribution in [-0.2, 0) is 11.3 Å². The summed E-state index contributed by atoms with van der Waals surface area (Å²) in [6, 6.07) is 5.50. The summed E-state index contributed by atoms with van der Waals surface area (Å²) in [7, 11) is 0. The van der Waals surface area contributed by atoms with Gasteiger partial charge >= 0.3 is 0 Å². The van der Waals surface area contributed by atoms with Crippen molar-refractivity contribution >= 4 is 5.91 Å². The predicted octanol–water partition coefficient (Wildman–Crippen LogP) is 0.571. The third-order valence-electron chi connectivity index (χ3n) is 2.17. The maximum atomic E-state index is 11.4. The number of carbonyl (C=O) groups is 1. The molecule has 0 saturated heterocycles. The van der Waals surface area contributed by atoms with Crippen LogP contribution in [0, 0.1) is 11.3 Å². The van der Waals surface area contributed by atoms with Crippen molar-refractivity contribution in [3.05, 3.63) is 24.0 Å². The molecule has 0 aromatic carbocycles. The van der Waals surface area contributed by atoms with E-state index in [0.717, 1.165) is 0 Å². The van der Waals surface area contributed by atoms with Gasteiger partial charge in [0.15, 0.2) is 0 Å². The van der Waals surface area contributed by atoms with Crippen molar-refractivity contribution in [1.82, 2.24) is 9.88 Å². The first-order valence-electron chi connectivity index (χ1n) is 5.12. The van der Waals surface area contributed by atoms with Gasteiger partial charge in [-0.3, -0.25) is 4.79 Å². The minimum Gasteiger partial charge on any atom is -0.387 e. The first-order valence-corrected chi connectivity index (χ1v) is 5.12. The van der Waals surface area contributed by atoms with Crippen LogP contribution in [0.25, 0.3) is 0 Å². The van der Waals surface area contributed by atoms with E-state index in [1.54, 1.807) is 29.8 Å². The lowest BCUT2D eigenvalue weighted by Gasteiger charge is -2.10. The first-order chi connectivity index (χ1) is 7.65. The summed E-state index contributed by atoms with van der Waals surface area (Å²) in [4.78, 5) is 11.4. The molecule has 1 amide bonds. The molecule has 0 aliphatic heterocycles. The summed E-state index contributed by atoms with van der Waals surface area (Å²) in [5.41, 5.74) is 0.704. The van der Waals surface area contributed by atoms with E-state index in [-0.39, 0.29) is 12.5 Å². The molecule has 0 bridgehead atoms. The van der Waals surface area contributed by atoms with Gasteiger partial charge in [-0.15, -0.1) is 0 Å². The highest BCUT2D eigenvalue weighted by Crippen LogP contribution is 2.12. The normalized spacial score (nSPS) is 11.8. The van der Waals surface area contributed by atoms with Gasteiger partial charge in [0.1, 0.15) is 6.54 Å². The van der Waals surface area contributed by atoms with Gasteiger partial charge in [0.2, 0.25) is 5.91 Å². The van der Waals surface area contributed by atoms with E-state index in [4.69, 9.17) is 5.26 Å². The molecule has 1 unspecified atom stereocenters. The van der Waals surface area contributed by atoms with Crippen molar-refractivity contribution in [2.75, 3.05) is 6.54 Å². The van der Waals surface area contributed by atoms with E-state index in [2.05, 4.69) is 5.32 Å². The molecule has 1 aromatic rings. The monoisotopic (exact) mass is 221 g/mol. The van der Waals surface area contributed by atoms with Crippen LogP contribution in [0.15, 0.2) is 18.3 Å². The van der Waals surface area contributed by atoms with Crippen molar-refractivity contribution in [2.45, 2.75) is 26.0 Å². The van der Waals surface area contributed by atoms with E-state index >= 15 is 0 Å². The zero-order valence-electron chi connectivity index (χ0n) is 9.18. The quantitative estimate of drug-likeness (QED) is 0.713. The summed E-state index contributed by atoms with van der Waals surface area (Å²) in [6.45, 7) is 2.18. The van der Waals surface area contributed by atoms with Gasteiger partial charge in [-0.1, -0.05) is 0 Å². The molecule has 0 fully saturated rings. The molecule has 0 aliphatic carbocycles. The maximum absolute atomic E-state index is 11.4. The predicted molar refractivity (Wildman–Crippen MR) is 58.3 cm³/mol. The number of hydrogen-bond donors (Lipinski definition) is 2. The van der Waals surface area contributed by atoms with Crippen molar-refractivity contribution in [3.8, 4) is 6.07 Å². The molecule has 1 rings (SSSR count). The number of nitriles is 1. The largest absolute Gasteiger partial charge is 0.387 e. The molecule has 5 nitrogen and oxygen atoms in total. The van der Waals surface area contributed by atoms with Crippen molar-refractivity contribution in [1.29, 1.82) is 5.26 Å². The molecule has 86 valence electrons. The van der Waals surface area contributed by atoms with Gasteiger partial charge in [-0.2, -0.15) is 5.26 Å². The van der Waals surface area contributed by atoms with Crippen LogP contribution >= 0.6 is 0 Å². The highest BCUT2D eigenvalue weighted by Gasteiger charge is 2.09. The molecule has 2 N–H and O–H groups in total. The third-order valence-corrected chi connectivity index (χ3v) is 2.17. The van der Waals surface area contributed by atoms with Gasteiger partial charge < -0.3 is 15.0 Å². The minimum atomic E-state index is -0.595. The smallest absolute Gasteiger partial charge is 0.239 e. The lowest BCUT2D eigenvalue weighted by molar-refractivity contribution is -0.121. The van der Waals surface area contributed by atoms with Crippen molar-refractivity contribution in [3.63, 3.8) is 0 Å². The number of rotatable bonds is 5. The highest BCUT2D eigenvalue weighted by molar-refractivity contribution is 5.75. The van der Waals surface area contributed by atoms with Crippen LogP contribution in [0.3, 0.4) is 0 Å². The fraction of sp³-hybridized carbons (Fsp3) is 0.455. The van der Waals surface area contributed by atoms with E-state index in [9.17, 15) is 9.90 Å². The molecule has 16 heavy (non-hydrogen) atoms. The summed E-state index contributed by atoms with van der Waals surface area (Å²) < 4.78 is 1.69. The van der Waals surface area contributed by atoms with E-state index in [1.807, 2.05) is 6.07 Å². The van der Waals surface area contributed by atoms with Gasteiger partial charge in [-0.05, 0) is 19.1 Å². The summed E-state index contributed by atoms with van der Waals surface area (Å²) >= 11 is 0. The number of amides is 1. The Hall–Kier alpha value is -1.80. The topological polar surface area (TPSA) is 78.1 Å². The zero-order chi connectivity index (χ0) is 12.0. The third kappa shape index (κ3) is 3.41. The lowest BCUT2D eigenvalue weighted by Crippen LogP contribution is -2.28. The number of aliphatic hydroxyl groups is 1. The Morgan fingerprint density at radius 1 is 1.75 bits per heavy atom. The van der Waals surface area contributed by atoms with Crippen molar-refractivity contribution < 1.29 is 9.90 Å². The van der Waals surface area contributed by atoms with Crippen LogP contribution in [0.1, 0.15) is 25.1 Å². The molecule has 0 radical (unpaired) electrons. The van der Waals surface area contributed by atoms with Gasteiger partial charge in [0.25, 0.3) is 0 Å². The van der Waals surface area contributed by atoms with Crippen LogP contribution in [-0.4, -0.2) is 22.1 Å². The molecular formula is C11H15N3O2. The second-order valence-electron chi connectivity index (χ2n) is 3.49. The minimum absolute atomic E-state index is 0.159. The van der Waals surface area contributed by atoms with Crippen LogP contribution < -0.4 is 5.32 Å². The number of aliphatic hydroxyl groups excluding tert-OH is 1. The number of carbonyl (C=O) groups excluding carboxylic acids is 1. The van der Waals surface area contributed by atoms with Gasteiger partial charge in [-0.25, -0.2) is 0 Å². The average molecular weight is 221 g/mol. The van der Waals surface area contributed by atoms with Gasteiger partial charge in [0.05, 0.1) is 18.6 Å². The number of hydrogen-bond acceptors (Lipinski definition) is 3. The standard InChI is InChI=1S/C11H15N3O2/c1-9(15)10-4-2-7-14(10)8-11(16)13-6-3-5-12/h2,4,7,9,15H,3,6,8H2,1H3,(H,13,16). The maximum Gasteiger partial charge on any atom is 0.239 e. The number of nitrogens with one attached hydrogen (secondary N) is 1. The second kappa shape index (κ2) is 5.93. The SMILES string of the molecule is CC(O)c1cccn1CC(=O)NCCC#N. The number of nitrogens with zero attached hydrogens (tertiary/aromatic N) is 2. The molecule has 1 aromatic heterocycles. The van der Waals surface area contributed by atoms with E-state index in [1.165, 1.54) is 0 Å². The Balaban J connectivity index is 2.50. The number of aromatic nitrogens is 1. The molecule has 5 heteroatoms. The molecule has 0 spiro atoms. The average Bonchev–Trinajstić information content (AvgIpc) is 2.66. The van der Waals surface area contributed by atoms with Gasteiger partial charge in [0, 0.05) is 18.4 Å². The van der Waals surface area contributed by atoms with Crippen LogP contribution in [0.5, 0.6) is 0 Å².